The molecule has 2 nitrogen and oxygen atoms in total. The first-order valence-corrected chi connectivity index (χ1v) is 12.1. The molecular formula is C22H30N2Si. The highest BCUT2D eigenvalue weighted by Crippen LogP contribution is 2.23. The van der Waals surface area contributed by atoms with E-state index in [1.165, 1.54) is 64.5 Å². The Labute approximate surface area is 153 Å². The maximum atomic E-state index is 2.90. The largest absolute Gasteiger partial charge is 0.316 e. The van der Waals surface area contributed by atoms with E-state index in [9.17, 15) is 0 Å². The number of nitrogens with zero attached hydrogens (tertiary/aromatic N) is 2. The maximum absolute atomic E-state index is 2.90. The summed E-state index contributed by atoms with van der Waals surface area (Å²) in [5.74, 6) is 0. The van der Waals surface area contributed by atoms with E-state index in [2.05, 4.69) is 70.1 Å². The first-order chi connectivity index (χ1) is 12.4. The molecule has 2 heterocycles. The zero-order valence-electron chi connectivity index (χ0n) is 15.2. The third kappa shape index (κ3) is 3.46. The lowest BCUT2D eigenvalue weighted by atomic mass is 10.4. The zero-order chi connectivity index (χ0) is 17.0. The first-order valence-electron chi connectivity index (χ1n) is 9.98. The molecule has 2 aromatic carbocycles. The predicted molar refractivity (Wildman–Crippen MR) is 109 cm³/mol. The molecule has 0 aromatic heterocycles. The molecule has 0 radical (unpaired) electrons. The normalized spacial score (nSPS) is 19.5. The van der Waals surface area contributed by atoms with Crippen molar-refractivity contribution in [2.24, 2.45) is 0 Å². The lowest BCUT2D eigenvalue weighted by Gasteiger charge is -2.42. The van der Waals surface area contributed by atoms with Crippen molar-refractivity contribution < 1.29 is 0 Å². The average Bonchev–Trinajstić information content (AvgIpc) is 3.39. The third-order valence-electron chi connectivity index (χ3n) is 6.14. The summed E-state index contributed by atoms with van der Waals surface area (Å²) in [7, 11) is -1.89. The second kappa shape index (κ2) is 7.86. The molecular weight excluding hydrogens is 320 g/mol. The van der Waals surface area contributed by atoms with Gasteiger partial charge in [0.25, 0.3) is 0 Å². The molecule has 3 heteroatoms. The van der Waals surface area contributed by atoms with Crippen molar-refractivity contribution >= 4 is 18.6 Å². The molecule has 25 heavy (non-hydrogen) atoms. The summed E-state index contributed by atoms with van der Waals surface area (Å²) >= 11 is 0. The standard InChI is InChI=1S/C22H30N2Si/c1-3-11-21(12-4-1)25(24-17-9-10-18-24,22-13-5-2-6-14-22)20-19-23-15-7-8-16-23/h1-6,11-14H,7-10,15-20H2. The molecule has 2 aromatic rings. The Hall–Kier alpha value is -1.42. The van der Waals surface area contributed by atoms with Gasteiger partial charge in [-0.2, -0.15) is 0 Å². The van der Waals surface area contributed by atoms with Crippen molar-refractivity contribution in [1.82, 2.24) is 9.47 Å². The Morgan fingerprint density at radius 3 is 1.64 bits per heavy atom. The van der Waals surface area contributed by atoms with E-state index >= 15 is 0 Å². The van der Waals surface area contributed by atoms with E-state index in [1.54, 1.807) is 10.4 Å². The van der Waals surface area contributed by atoms with Gasteiger partial charge in [-0.1, -0.05) is 60.7 Å². The highest BCUT2D eigenvalue weighted by molar-refractivity contribution is 7.00. The lowest BCUT2D eigenvalue weighted by molar-refractivity contribution is 0.353. The summed E-state index contributed by atoms with van der Waals surface area (Å²) in [4.78, 5) is 2.70. The van der Waals surface area contributed by atoms with Crippen molar-refractivity contribution in [3.05, 3.63) is 60.7 Å². The number of hydrogen-bond donors (Lipinski definition) is 0. The van der Waals surface area contributed by atoms with Gasteiger partial charge in [0.15, 0.2) is 8.24 Å². The van der Waals surface area contributed by atoms with Crippen LogP contribution in [0.2, 0.25) is 6.04 Å². The number of benzene rings is 2. The van der Waals surface area contributed by atoms with Gasteiger partial charge in [0.2, 0.25) is 0 Å². The van der Waals surface area contributed by atoms with Crippen molar-refractivity contribution in [2.45, 2.75) is 31.7 Å². The fourth-order valence-electron chi connectivity index (χ4n) is 4.83. The van der Waals surface area contributed by atoms with Gasteiger partial charge in [-0.25, -0.2) is 0 Å². The van der Waals surface area contributed by atoms with Crippen LogP contribution in [0.5, 0.6) is 0 Å². The quantitative estimate of drug-likeness (QED) is 0.739. The van der Waals surface area contributed by atoms with Crippen LogP contribution in [-0.2, 0) is 0 Å². The van der Waals surface area contributed by atoms with Crippen LogP contribution in [0.15, 0.2) is 60.7 Å². The van der Waals surface area contributed by atoms with Gasteiger partial charge in [-0.05, 0) is 74.8 Å². The molecule has 0 amide bonds. The summed E-state index contributed by atoms with van der Waals surface area (Å²) in [6, 6.07) is 24.2. The van der Waals surface area contributed by atoms with Gasteiger partial charge >= 0.3 is 0 Å². The summed E-state index contributed by atoms with van der Waals surface area (Å²) in [6.45, 7) is 6.40. The smallest absolute Gasteiger partial charge is 0.193 e. The zero-order valence-corrected chi connectivity index (χ0v) is 16.2. The van der Waals surface area contributed by atoms with Gasteiger partial charge in [-0.3, -0.25) is 0 Å². The van der Waals surface area contributed by atoms with Crippen molar-refractivity contribution in [3.8, 4) is 0 Å². The van der Waals surface area contributed by atoms with E-state index < -0.39 is 8.24 Å². The Morgan fingerprint density at radius 1 is 0.640 bits per heavy atom. The van der Waals surface area contributed by atoms with Crippen LogP contribution in [0.4, 0.5) is 0 Å². The SMILES string of the molecule is c1ccc([Si](CCN2CCCC2)(c2ccccc2)N2CCCC2)cc1. The van der Waals surface area contributed by atoms with Crippen LogP contribution >= 0.6 is 0 Å². The molecule has 0 spiro atoms. The molecule has 2 fully saturated rings. The fraction of sp³-hybridized carbons (Fsp3) is 0.455. The fourth-order valence-corrected chi connectivity index (χ4v) is 10.00. The van der Waals surface area contributed by atoms with Gasteiger partial charge in [-0.15, -0.1) is 0 Å². The van der Waals surface area contributed by atoms with Crippen LogP contribution in [0, 0.1) is 0 Å². The average molecular weight is 351 g/mol. The number of hydrogen-bond acceptors (Lipinski definition) is 2. The maximum Gasteiger partial charge on any atom is 0.193 e. The van der Waals surface area contributed by atoms with E-state index in [0.29, 0.717) is 0 Å². The molecule has 0 N–H and O–H groups in total. The Morgan fingerprint density at radius 2 is 1.12 bits per heavy atom. The Bertz CT molecular complexity index is 607. The van der Waals surface area contributed by atoms with Gasteiger partial charge in [0.05, 0.1) is 0 Å². The molecule has 2 aliphatic heterocycles. The number of likely N-dealkylation sites (tertiary alicyclic amines) is 1. The molecule has 0 unspecified atom stereocenters. The molecule has 2 aliphatic rings. The van der Waals surface area contributed by atoms with Gasteiger partial charge in [0, 0.05) is 0 Å². The summed E-state index contributed by atoms with van der Waals surface area (Å²) in [5.41, 5.74) is 0. The second-order valence-corrected chi connectivity index (χ2v) is 11.6. The Balaban J connectivity index is 1.75. The molecule has 0 atom stereocenters. The summed E-state index contributed by atoms with van der Waals surface area (Å²) in [6.07, 6.45) is 5.49. The van der Waals surface area contributed by atoms with Crippen LogP contribution in [-0.4, -0.2) is 50.4 Å². The van der Waals surface area contributed by atoms with Crippen molar-refractivity contribution in [2.75, 3.05) is 32.7 Å². The minimum absolute atomic E-state index is 1.26. The molecule has 0 saturated carbocycles. The first kappa shape index (κ1) is 17.0. The van der Waals surface area contributed by atoms with E-state index in [-0.39, 0.29) is 0 Å². The summed E-state index contributed by atoms with van der Waals surface area (Å²) in [5, 5.41) is 3.20. The van der Waals surface area contributed by atoms with E-state index in [4.69, 9.17) is 0 Å². The minimum Gasteiger partial charge on any atom is -0.316 e. The highest BCUT2D eigenvalue weighted by Gasteiger charge is 2.44. The lowest BCUT2D eigenvalue weighted by Crippen LogP contribution is -2.70. The Kier molecular flexibility index (Phi) is 5.35. The van der Waals surface area contributed by atoms with Crippen LogP contribution in [0.1, 0.15) is 25.7 Å². The van der Waals surface area contributed by atoms with E-state index in [0.717, 1.165) is 0 Å². The van der Waals surface area contributed by atoms with Crippen LogP contribution < -0.4 is 10.4 Å². The minimum atomic E-state index is -1.89. The molecule has 0 aliphatic carbocycles. The molecule has 0 bridgehead atoms. The van der Waals surface area contributed by atoms with Crippen molar-refractivity contribution in [1.29, 1.82) is 0 Å². The van der Waals surface area contributed by atoms with E-state index in [1.807, 2.05) is 0 Å². The van der Waals surface area contributed by atoms with Gasteiger partial charge < -0.3 is 9.47 Å². The topological polar surface area (TPSA) is 6.48 Å². The summed E-state index contributed by atoms with van der Waals surface area (Å²) < 4.78 is 2.90. The number of rotatable bonds is 6. The molecule has 2 saturated heterocycles. The third-order valence-corrected chi connectivity index (χ3v) is 11.2. The highest BCUT2D eigenvalue weighted by atomic mass is 28.3. The monoisotopic (exact) mass is 350 g/mol. The predicted octanol–water partition coefficient (Wildman–Crippen LogP) is 2.94. The van der Waals surface area contributed by atoms with Gasteiger partial charge in [0.1, 0.15) is 0 Å². The second-order valence-electron chi connectivity index (χ2n) is 7.59. The molecule has 132 valence electrons. The van der Waals surface area contributed by atoms with Crippen LogP contribution in [0.3, 0.4) is 0 Å². The van der Waals surface area contributed by atoms with Crippen LogP contribution in [0.25, 0.3) is 0 Å². The molecule has 4 rings (SSSR count). The van der Waals surface area contributed by atoms with Crippen molar-refractivity contribution in [3.63, 3.8) is 0 Å².